The van der Waals surface area contributed by atoms with E-state index in [-0.39, 0.29) is 17.4 Å². The first-order chi connectivity index (χ1) is 15.4. The number of thioether (sulfide) groups is 1. The van der Waals surface area contributed by atoms with Crippen LogP contribution in [0.5, 0.6) is 0 Å². The number of nitrogens with zero attached hydrogens (tertiary/aromatic N) is 4. The van der Waals surface area contributed by atoms with Crippen LogP contribution in [0.3, 0.4) is 0 Å². The van der Waals surface area contributed by atoms with Gasteiger partial charge in [0.2, 0.25) is 0 Å². The minimum atomic E-state index is -2.63. The first-order valence-corrected chi connectivity index (χ1v) is 11.9. The summed E-state index contributed by atoms with van der Waals surface area (Å²) < 4.78 is 38.8. The van der Waals surface area contributed by atoms with Gasteiger partial charge in [-0.05, 0) is 25.8 Å². The summed E-state index contributed by atoms with van der Waals surface area (Å²) in [5.41, 5.74) is 6.38. The smallest absolute Gasteiger partial charge is 0.264 e. The third-order valence-corrected chi connectivity index (χ3v) is 7.86. The molecule has 7 nitrogen and oxygen atoms in total. The summed E-state index contributed by atoms with van der Waals surface area (Å²) in [6.45, 7) is 7.69. The third kappa shape index (κ3) is 4.21. The highest BCUT2D eigenvalue weighted by Crippen LogP contribution is 2.46. The number of ether oxygens (including phenoxy) is 2. The molecule has 4 aliphatic heterocycles. The van der Waals surface area contributed by atoms with E-state index in [4.69, 9.17) is 15.2 Å². The summed E-state index contributed by atoms with van der Waals surface area (Å²) in [6.07, 6.45) is 5.07. The second kappa shape index (κ2) is 8.81. The van der Waals surface area contributed by atoms with Gasteiger partial charge in [0.05, 0.1) is 43.7 Å². The van der Waals surface area contributed by atoms with Crippen molar-refractivity contribution < 1.29 is 18.3 Å². The van der Waals surface area contributed by atoms with Crippen molar-refractivity contribution in [3.8, 4) is 0 Å². The van der Waals surface area contributed by atoms with Crippen molar-refractivity contribution in [2.45, 2.75) is 32.2 Å². The van der Waals surface area contributed by atoms with Gasteiger partial charge in [-0.25, -0.2) is 18.8 Å². The Labute approximate surface area is 191 Å². The van der Waals surface area contributed by atoms with Crippen LogP contribution in [0.25, 0.3) is 4.91 Å². The number of hydrogen-bond donors (Lipinski definition) is 1. The summed E-state index contributed by atoms with van der Waals surface area (Å²) in [5, 5.41) is 5.34. The fourth-order valence-electron chi connectivity index (χ4n) is 4.67. The maximum Gasteiger partial charge on any atom is 0.264 e. The number of nitrogen functional groups attached to an aromatic ring is 1. The molecule has 0 aliphatic carbocycles. The van der Waals surface area contributed by atoms with Crippen molar-refractivity contribution in [3.05, 3.63) is 40.8 Å². The lowest BCUT2D eigenvalue weighted by Crippen LogP contribution is -2.52. The van der Waals surface area contributed by atoms with Crippen LogP contribution in [0.2, 0.25) is 0 Å². The Morgan fingerprint density at radius 2 is 1.97 bits per heavy atom. The Hall–Kier alpha value is -1.88. The highest BCUT2D eigenvalue weighted by Gasteiger charge is 2.42. The molecule has 1 atom stereocenters. The molecule has 1 aromatic rings. The maximum absolute atomic E-state index is 13.9. The van der Waals surface area contributed by atoms with Crippen molar-refractivity contribution in [1.82, 2.24) is 19.9 Å². The predicted molar refractivity (Wildman–Crippen MR) is 120 cm³/mol. The molecule has 0 amide bonds. The van der Waals surface area contributed by atoms with Crippen molar-refractivity contribution in [1.29, 1.82) is 0 Å². The van der Waals surface area contributed by atoms with E-state index < -0.39 is 6.43 Å². The largest absolute Gasteiger partial charge is 0.384 e. The number of anilines is 1. The van der Waals surface area contributed by atoms with Crippen LogP contribution in [0, 0.1) is 5.41 Å². The number of hydrogen-bond acceptors (Lipinski definition) is 8. The van der Waals surface area contributed by atoms with E-state index in [1.54, 1.807) is 0 Å². The normalized spacial score (nSPS) is 26.2. The van der Waals surface area contributed by atoms with E-state index in [0.29, 0.717) is 24.2 Å². The van der Waals surface area contributed by atoms with Crippen LogP contribution >= 0.6 is 11.8 Å². The molecule has 0 saturated carbocycles. The highest BCUT2D eigenvalue weighted by atomic mass is 32.2. The Morgan fingerprint density at radius 3 is 2.62 bits per heavy atom. The van der Waals surface area contributed by atoms with Crippen LogP contribution in [0.4, 0.5) is 14.6 Å². The summed E-state index contributed by atoms with van der Waals surface area (Å²) in [6, 6.07) is 1.46. The molecule has 3 saturated heterocycles. The molecule has 0 unspecified atom stereocenters. The van der Waals surface area contributed by atoms with Crippen molar-refractivity contribution in [2.24, 2.45) is 5.41 Å². The van der Waals surface area contributed by atoms with Crippen molar-refractivity contribution in [3.63, 3.8) is 0 Å². The molecule has 1 aromatic heterocycles. The average molecular weight is 466 g/mol. The van der Waals surface area contributed by atoms with Gasteiger partial charge in [-0.2, -0.15) is 0 Å². The molecule has 0 aromatic carbocycles. The molecule has 174 valence electrons. The van der Waals surface area contributed by atoms with Gasteiger partial charge in [0.1, 0.15) is 5.82 Å². The van der Waals surface area contributed by atoms with Crippen LogP contribution < -0.4 is 5.73 Å². The Balaban J connectivity index is 1.46. The average Bonchev–Trinajstić information content (AvgIpc) is 2.78. The Kier molecular flexibility index (Phi) is 6.04. The molecule has 1 spiro atoms. The lowest BCUT2D eigenvalue weighted by Gasteiger charge is -2.49. The molecule has 0 bridgehead atoms. The number of nitrogens with two attached hydrogens (primary N) is 1. The highest BCUT2D eigenvalue weighted by molar-refractivity contribution is 8.11. The number of alkyl halides is 2. The van der Waals surface area contributed by atoms with Gasteiger partial charge >= 0.3 is 0 Å². The molecule has 0 radical (unpaired) electrons. The van der Waals surface area contributed by atoms with Gasteiger partial charge in [0, 0.05) is 53.5 Å². The Morgan fingerprint density at radius 1 is 1.19 bits per heavy atom. The second-order valence-corrected chi connectivity index (χ2v) is 10.1. The topological polar surface area (TPSA) is 67.1 Å². The molecule has 5 rings (SSSR count). The SMILES string of the molecule is C[C@@H]1COCCN1N1C=C(c2cnc(N)cc2C(F)F)SC(N2CCC3(CC2)COC3)=C1. The first kappa shape index (κ1) is 21.9. The van der Waals surface area contributed by atoms with Crippen LogP contribution in [-0.2, 0) is 9.47 Å². The third-order valence-electron chi connectivity index (χ3n) is 6.75. The quantitative estimate of drug-likeness (QED) is 0.725. The number of likely N-dealkylation sites (tertiary alicyclic amines) is 1. The van der Waals surface area contributed by atoms with Gasteiger partial charge in [0.15, 0.2) is 0 Å². The number of pyridine rings is 1. The Bertz CT molecular complexity index is 914. The van der Waals surface area contributed by atoms with Gasteiger partial charge in [-0.1, -0.05) is 11.8 Å². The second-order valence-electron chi connectivity index (χ2n) is 9.01. The van der Waals surface area contributed by atoms with E-state index in [9.17, 15) is 8.78 Å². The van der Waals surface area contributed by atoms with E-state index >= 15 is 0 Å². The number of hydrazine groups is 1. The fraction of sp³-hybridized carbons (Fsp3) is 0.591. The van der Waals surface area contributed by atoms with Gasteiger partial charge in [-0.3, -0.25) is 5.01 Å². The maximum atomic E-state index is 13.9. The van der Waals surface area contributed by atoms with Crippen LogP contribution in [0.15, 0.2) is 29.7 Å². The summed E-state index contributed by atoms with van der Waals surface area (Å²) in [7, 11) is 0. The molecule has 10 heteroatoms. The number of aromatic nitrogens is 1. The molecule has 2 N–H and O–H groups in total. The van der Waals surface area contributed by atoms with Crippen molar-refractivity contribution in [2.75, 3.05) is 51.8 Å². The number of halogens is 2. The first-order valence-electron chi connectivity index (χ1n) is 11.0. The number of piperidine rings is 1. The molecule has 3 fully saturated rings. The minimum Gasteiger partial charge on any atom is -0.384 e. The zero-order valence-electron chi connectivity index (χ0n) is 18.2. The van der Waals surface area contributed by atoms with Crippen LogP contribution in [-0.4, -0.2) is 72.0 Å². The predicted octanol–water partition coefficient (Wildman–Crippen LogP) is 3.50. The lowest BCUT2D eigenvalue weighted by atomic mass is 9.77. The van der Waals surface area contributed by atoms with Gasteiger partial charge in [0.25, 0.3) is 6.43 Å². The minimum absolute atomic E-state index is 0.0864. The number of rotatable bonds is 4. The summed E-state index contributed by atoms with van der Waals surface area (Å²) >= 11 is 1.53. The molecule has 32 heavy (non-hydrogen) atoms. The molecule has 5 heterocycles. The van der Waals surface area contributed by atoms with Crippen LogP contribution in [0.1, 0.15) is 37.3 Å². The van der Waals surface area contributed by atoms with E-state index in [2.05, 4.69) is 33.0 Å². The standard InChI is InChI=1S/C22H29F2N5O2S/c1-15-12-30-7-6-29(15)28-10-18(17-9-26-19(25)8-16(17)21(23)24)32-20(11-28)27-4-2-22(3-5-27)13-31-14-22/h8-11,15,21H,2-7,12-14H2,1H3,(H2,25,26)/t15-/m1/s1. The number of morpholine rings is 1. The van der Waals surface area contributed by atoms with E-state index in [1.165, 1.54) is 24.0 Å². The van der Waals surface area contributed by atoms with Gasteiger partial charge in [-0.15, -0.1) is 0 Å². The monoisotopic (exact) mass is 465 g/mol. The van der Waals surface area contributed by atoms with Gasteiger partial charge < -0.3 is 20.1 Å². The van der Waals surface area contributed by atoms with Crippen molar-refractivity contribution >= 4 is 22.5 Å². The van der Waals surface area contributed by atoms with E-state index in [1.807, 2.05) is 6.20 Å². The summed E-state index contributed by atoms with van der Waals surface area (Å²) in [4.78, 5) is 7.23. The molecule has 4 aliphatic rings. The molecular formula is C22H29F2N5O2S. The van der Waals surface area contributed by atoms with E-state index in [0.717, 1.165) is 55.6 Å². The lowest BCUT2D eigenvalue weighted by molar-refractivity contribution is -0.136. The summed E-state index contributed by atoms with van der Waals surface area (Å²) in [5.74, 6) is 0.101. The zero-order valence-corrected chi connectivity index (χ0v) is 19.0. The fourth-order valence-corrected chi connectivity index (χ4v) is 5.81. The zero-order chi connectivity index (χ0) is 22.3. The molecular weight excluding hydrogens is 436 g/mol.